The molecule has 0 bridgehead atoms. The Balaban J connectivity index is 1.26. The predicted molar refractivity (Wildman–Crippen MR) is 148 cm³/mol. The van der Waals surface area contributed by atoms with Gasteiger partial charge in [-0.25, -0.2) is 9.97 Å². The van der Waals surface area contributed by atoms with E-state index >= 15 is 0 Å². The highest BCUT2D eigenvalue weighted by atomic mass is 15.3. The number of hydrogen-bond donors (Lipinski definition) is 2. The van der Waals surface area contributed by atoms with E-state index in [1.807, 2.05) is 41.9 Å². The lowest BCUT2D eigenvalue weighted by Gasteiger charge is -2.40. The van der Waals surface area contributed by atoms with E-state index in [0.29, 0.717) is 12.0 Å². The number of aryl methyl sites for hydroxylation is 2. The number of nitrogens with zero attached hydrogens (tertiary/aromatic N) is 7. The van der Waals surface area contributed by atoms with Gasteiger partial charge in [-0.1, -0.05) is 6.42 Å². The lowest BCUT2D eigenvalue weighted by molar-refractivity contribution is 0.141. The number of piperidine rings is 2. The summed E-state index contributed by atoms with van der Waals surface area (Å²) in [5.41, 5.74) is 3.93. The Morgan fingerprint density at radius 3 is 2.43 bits per heavy atom. The minimum absolute atomic E-state index is 0.539. The number of anilines is 5. The molecule has 0 amide bonds. The maximum Gasteiger partial charge on any atom is 0.232 e. The monoisotopic (exact) mass is 497 g/mol. The van der Waals surface area contributed by atoms with Crippen molar-refractivity contribution in [3.63, 3.8) is 0 Å². The van der Waals surface area contributed by atoms with Crippen molar-refractivity contribution in [2.45, 2.75) is 52.0 Å². The molecule has 37 heavy (non-hydrogen) atoms. The molecule has 2 aliphatic rings. The summed E-state index contributed by atoms with van der Waals surface area (Å²) in [6.07, 6.45) is 12.1. The number of hydrogen-bond acceptors (Lipinski definition) is 8. The lowest BCUT2D eigenvalue weighted by atomic mass is 10.00. The molecule has 4 aromatic rings. The molecule has 0 aromatic carbocycles. The molecule has 2 N–H and O–H groups in total. The fourth-order valence-electron chi connectivity index (χ4n) is 5.62. The van der Waals surface area contributed by atoms with Crippen LogP contribution in [0.25, 0.3) is 5.65 Å². The quantitative estimate of drug-likeness (QED) is 0.382. The van der Waals surface area contributed by atoms with Gasteiger partial charge < -0.3 is 24.8 Å². The van der Waals surface area contributed by atoms with E-state index in [2.05, 4.69) is 49.5 Å². The molecule has 0 atom stereocenters. The van der Waals surface area contributed by atoms with Crippen molar-refractivity contribution in [2.24, 2.45) is 0 Å². The molecule has 0 aliphatic carbocycles. The molecule has 0 unspecified atom stereocenters. The number of likely N-dealkylation sites (tertiary alicyclic amines) is 1. The van der Waals surface area contributed by atoms with Gasteiger partial charge in [0.05, 0.1) is 0 Å². The highest BCUT2D eigenvalue weighted by Crippen LogP contribution is 2.28. The molecule has 4 aromatic heterocycles. The molecule has 2 saturated heterocycles. The van der Waals surface area contributed by atoms with Gasteiger partial charge >= 0.3 is 0 Å². The van der Waals surface area contributed by atoms with Crippen molar-refractivity contribution in [1.82, 2.24) is 29.2 Å². The molecule has 0 spiro atoms. The molecule has 6 rings (SSSR count). The molecule has 2 fully saturated rings. The second kappa shape index (κ2) is 10.3. The first-order valence-corrected chi connectivity index (χ1v) is 13.4. The van der Waals surface area contributed by atoms with Crippen molar-refractivity contribution in [1.29, 1.82) is 0 Å². The normalized spacial score (nSPS) is 17.3. The Labute approximate surface area is 218 Å². The second-order valence-electron chi connectivity index (χ2n) is 10.3. The minimum Gasteiger partial charge on any atom is -0.356 e. The fourth-order valence-corrected chi connectivity index (χ4v) is 5.62. The summed E-state index contributed by atoms with van der Waals surface area (Å²) in [6, 6.07) is 10.9. The van der Waals surface area contributed by atoms with Crippen molar-refractivity contribution >= 4 is 34.7 Å². The van der Waals surface area contributed by atoms with Gasteiger partial charge in [0.2, 0.25) is 5.95 Å². The standard InChI is InChI=1S/C28H35N9/c1-20-16-21(2)30-24(17-20)32-28-33-25(31-22-6-12-37-15-9-29-26(37)18-22)19-27(34-28)36-13-7-23(8-14-36)35-10-4-3-5-11-35/h6,9,12,15-19,23H,3-5,7-8,10-11,13-14H2,1-2H3,(H2,30,31,32,33,34). The second-order valence-corrected chi connectivity index (χ2v) is 10.3. The van der Waals surface area contributed by atoms with Crippen molar-refractivity contribution in [3.05, 3.63) is 60.2 Å². The number of aromatic nitrogens is 5. The number of fused-ring (bicyclic) bond motifs is 1. The SMILES string of the molecule is Cc1cc(C)nc(Nc2nc(Nc3ccn4ccnc4c3)cc(N3CCC(N4CCCCC4)CC3)n2)c1. The summed E-state index contributed by atoms with van der Waals surface area (Å²) >= 11 is 0. The summed E-state index contributed by atoms with van der Waals surface area (Å²) in [5, 5.41) is 6.83. The van der Waals surface area contributed by atoms with Gasteiger partial charge in [0.25, 0.3) is 0 Å². The molecule has 2 aliphatic heterocycles. The minimum atomic E-state index is 0.539. The molecular formula is C28H35N9. The summed E-state index contributed by atoms with van der Waals surface area (Å²) < 4.78 is 1.99. The zero-order valence-corrected chi connectivity index (χ0v) is 21.7. The Bertz CT molecular complexity index is 1350. The van der Waals surface area contributed by atoms with Crippen molar-refractivity contribution < 1.29 is 0 Å². The molecule has 0 saturated carbocycles. The van der Waals surface area contributed by atoms with Crippen LogP contribution in [0.3, 0.4) is 0 Å². The summed E-state index contributed by atoms with van der Waals surface area (Å²) in [4.78, 5) is 23.9. The van der Waals surface area contributed by atoms with E-state index in [0.717, 1.165) is 53.1 Å². The molecule has 9 nitrogen and oxygen atoms in total. The zero-order chi connectivity index (χ0) is 25.2. The zero-order valence-electron chi connectivity index (χ0n) is 21.7. The highest BCUT2D eigenvalue weighted by Gasteiger charge is 2.26. The summed E-state index contributed by atoms with van der Waals surface area (Å²) in [7, 11) is 0. The van der Waals surface area contributed by atoms with Crippen molar-refractivity contribution in [2.75, 3.05) is 41.7 Å². The maximum atomic E-state index is 4.93. The van der Waals surface area contributed by atoms with Gasteiger partial charge in [-0.15, -0.1) is 0 Å². The van der Waals surface area contributed by atoms with Gasteiger partial charge in [0, 0.05) is 61.2 Å². The van der Waals surface area contributed by atoms with E-state index in [1.165, 1.54) is 45.2 Å². The highest BCUT2D eigenvalue weighted by molar-refractivity contribution is 5.66. The average molecular weight is 498 g/mol. The number of imidazole rings is 1. The number of pyridine rings is 2. The Hall–Kier alpha value is -3.72. The van der Waals surface area contributed by atoms with Crippen LogP contribution in [0.4, 0.5) is 29.1 Å². The van der Waals surface area contributed by atoms with Gasteiger partial charge in [-0.05, 0) is 76.4 Å². The molecule has 9 heteroatoms. The van der Waals surface area contributed by atoms with Crippen LogP contribution in [-0.2, 0) is 0 Å². The Morgan fingerprint density at radius 1 is 0.811 bits per heavy atom. The summed E-state index contributed by atoms with van der Waals surface area (Å²) in [5.74, 6) is 2.97. The first-order chi connectivity index (χ1) is 18.1. The van der Waals surface area contributed by atoms with Gasteiger partial charge in [-0.3, -0.25) is 0 Å². The number of rotatable bonds is 6. The van der Waals surface area contributed by atoms with Crippen LogP contribution in [0.1, 0.15) is 43.4 Å². The Morgan fingerprint density at radius 2 is 1.62 bits per heavy atom. The van der Waals surface area contributed by atoms with E-state index in [-0.39, 0.29) is 0 Å². The topological polar surface area (TPSA) is 86.5 Å². The van der Waals surface area contributed by atoms with Gasteiger partial charge in [0.1, 0.15) is 23.1 Å². The van der Waals surface area contributed by atoms with E-state index in [1.54, 1.807) is 6.20 Å². The van der Waals surface area contributed by atoms with Crippen LogP contribution in [0.15, 0.2) is 48.9 Å². The number of nitrogens with one attached hydrogen (secondary N) is 2. The lowest BCUT2D eigenvalue weighted by Crippen LogP contribution is -2.47. The molecule has 6 heterocycles. The Kier molecular flexibility index (Phi) is 6.61. The van der Waals surface area contributed by atoms with Crippen LogP contribution in [0.5, 0.6) is 0 Å². The van der Waals surface area contributed by atoms with E-state index in [9.17, 15) is 0 Å². The van der Waals surface area contributed by atoms with Crippen LogP contribution in [0, 0.1) is 13.8 Å². The summed E-state index contributed by atoms with van der Waals surface area (Å²) in [6.45, 7) is 8.58. The first kappa shape index (κ1) is 23.7. The van der Waals surface area contributed by atoms with E-state index in [4.69, 9.17) is 9.97 Å². The van der Waals surface area contributed by atoms with E-state index < -0.39 is 0 Å². The smallest absolute Gasteiger partial charge is 0.232 e. The van der Waals surface area contributed by atoms with Crippen molar-refractivity contribution in [3.8, 4) is 0 Å². The third kappa shape index (κ3) is 5.51. The fraction of sp³-hybridized carbons (Fsp3) is 0.429. The largest absolute Gasteiger partial charge is 0.356 e. The maximum absolute atomic E-state index is 4.93. The van der Waals surface area contributed by atoms with Crippen LogP contribution < -0.4 is 15.5 Å². The third-order valence-corrected chi connectivity index (χ3v) is 7.42. The van der Waals surface area contributed by atoms with Crippen LogP contribution >= 0.6 is 0 Å². The van der Waals surface area contributed by atoms with Gasteiger partial charge in [0.15, 0.2) is 0 Å². The first-order valence-electron chi connectivity index (χ1n) is 13.4. The van der Waals surface area contributed by atoms with Crippen LogP contribution in [-0.4, -0.2) is 61.5 Å². The molecule has 0 radical (unpaired) electrons. The average Bonchev–Trinajstić information content (AvgIpc) is 3.37. The molecular weight excluding hydrogens is 462 g/mol. The predicted octanol–water partition coefficient (Wildman–Crippen LogP) is 5.08. The van der Waals surface area contributed by atoms with Crippen LogP contribution in [0.2, 0.25) is 0 Å². The third-order valence-electron chi connectivity index (χ3n) is 7.42. The van der Waals surface area contributed by atoms with Gasteiger partial charge in [-0.2, -0.15) is 9.97 Å². The molecule has 192 valence electrons.